The third-order valence-electron chi connectivity index (χ3n) is 4.50. The number of hydrogen-bond donors (Lipinski definition) is 2. The molecule has 1 amide bonds. The number of carbonyl (C=O) groups is 1. The fraction of sp³-hybridized carbons (Fsp3) is 0.217. The van der Waals surface area contributed by atoms with Crippen LogP contribution in [0.3, 0.4) is 0 Å². The predicted octanol–water partition coefficient (Wildman–Crippen LogP) is 4.24. The van der Waals surface area contributed by atoms with E-state index in [0.717, 1.165) is 12.2 Å². The molecule has 0 unspecified atom stereocenters. The molecule has 0 radical (unpaired) electrons. The lowest BCUT2D eigenvalue weighted by Gasteiger charge is -2.09. The summed E-state index contributed by atoms with van der Waals surface area (Å²) in [6.45, 7) is 2.54. The highest BCUT2D eigenvalue weighted by Gasteiger charge is 2.14. The van der Waals surface area contributed by atoms with Gasteiger partial charge < -0.3 is 10.1 Å². The smallest absolute Gasteiger partial charge is 0.263 e. The molecular weight excluding hydrogens is 414 g/mol. The van der Waals surface area contributed by atoms with Crippen molar-refractivity contribution in [3.8, 4) is 5.75 Å². The van der Waals surface area contributed by atoms with Crippen LogP contribution < -0.4 is 14.8 Å². The normalized spacial score (nSPS) is 11.0. The molecule has 31 heavy (non-hydrogen) atoms. The van der Waals surface area contributed by atoms with Crippen molar-refractivity contribution in [2.24, 2.45) is 0 Å². The van der Waals surface area contributed by atoms with Crippen molar-refractivity contribution in [3.63, 3.8) is 0 Å². The number of benzene rings is 2. The summed E-state index contributed by atoms with van der Waals surface area (Å²) in [5.74, 6) is 0.865. The Balaban J connectivity index is 1.45. The van der Waals surface area contributed by atoms with Gasteiger partial charge in [-0.3, -0.25) is 9.52 Å². The van der Waals surface area contributed by atoms with Crippen LogP contribution in [0.4, 0.5) is 11.5 Å². The van der Waals surface area contributed by atoms with E-state index < -0.39 is 10.0 Å². The summed E-state index contributed by atoms with van der Waals surface area (Å²) >= 11 is 0. The van der Waals surface area contributed by atoms with Crippen molar-refractivity contribution in [1.82, 2.24) is 4.98 Å². The standard InChI is InChI=1S/C23H25N3O4S/c1-2-18-8-12-20(13-9-18)30-17-5-7-23(27)25-19-10-14-21(15-11-19)31(28,29)26-22-6-3-4-16-24-22/h3-4,6,8-16H,2,5,7,17H2,1H3,(H,24,26)(H,25,27). The van der Waals surface area contributed by atoms with Crippen LogP contribution in [0.15, 0.2) is 77.8 Å². The molecule has 1 aromatic heterocycles. The van der Waals surface area contributed by atoms with E-state index in [1.165, 1.54) is 23.9 Å². The molecule has 3 rings (SSSR count). The van der Waals surface area contributed by atoms with E-state index in [4.69, 9.17) is 4.74 Å². The average Bonchev–Trinajstić information content (AvgIpc) is 2.78. The van der Waals surface area contributed by atoms with Gasteiger partial charge in [0.1, 0.15) is 11.6 Å². The Bertz CT molecular complexity index is 1080. The largest absolute Gasteiger partial charge is 0.494 e. The molecule has 0 bridgehead atoms. The van der Waals surface area contributed by atoms with Gasteiger partial charge >= 0.3 is 0 Å². The molecule has 0 spiro atoms. The van der Waals surface area contributed by atoms with Crippen molar-refractivity contribution in [3.05, 3.63) is 78.5 Å². The summed E-state index contributed by atoms with van der Waals surface area (Å²) in [6, 6.07) is 18.8. The van der Waals surface area contributed by atoms with Gasteiger partial charge in [0.2, 0.25) is 5.91 Å². The summed E-state index contributed by atoms with van der Waals surface area (Å²) < 4.78 is 32.9. The van der Waals surface area contributed by atoms with Gasteiger partial charge in [0.15, 0.2) is 0 Å². The van der Waals surface area contributed by atoms with Crippen LogP contribution in [0.5, 0.6) is 5.75 Å². The minimum absolute atomic E-state index is 0.0821. The summed E-state index contributed by atoms with van der Waals surface area (Å²) in [6.07, 6.45) is 3.35. The van der Waals surface area contributed by atoms with E-state index >= 15 is 0 Å². The van der Waals surface area contributed by atoms with Crippen LogP contribution in [0, 0.1) is 0 Å². The topological polar surface area (TPSA) is 97.4 Å². The summed E-state index contributed by atoms with van der Waals surface area (Å²) in [4.78, 5) is 16.2. The van der Waals surface area contributed by atoms with Gasteiger partial charge in [-0.15, -0.1) is 0 Å². The highest BCUT2D eigenvalue weighted by molar-refractivity contribution is 7.92. The Labute approximate surface area is 182 Å². The Morgan fingerprint density at radius 3 is 2.39 bits per heavy atom. The number of amides is 1. The molecule has 0 fully saturated rings. The van der Waals surface area contributed by atoms with Crippen LogP contribution in [-0.2, 0) is 21.2 Å². The first-order chi connectivity index (χ1) is 15.0. The molecule has 2 N–H and O–H groups in total. The molecule has 0 aliphatic rings. The average molecular weight is 440 g/mol. The first kappa shape index (κ1) is 22.3. The van der Waals surface area contributed by atoms with E-state index in [9.17, 15) is 13.2 Å². The zero-order valence-electron chi connectivity index (χ0n) is 17.2. The number of aryl methyl sites for hydroxylation is 1. The van der Waals surface area contributed by atoms with E-state index in [1.54, 1.807) is 30.3 Å². The van der Waals surface area contributed by atoms with Crippen LogP contribution in [0.25, 0.3) is 0 Å². The molecule has 1 heterocycles. The molecular formula is C23H25N3O4S. The molecule has 0 saturated heterocycles. The molecule has 7 nitrogen and oxygen atoms in total. The Morgan fingerprint density at radius 2 is 1.74 bits per heavy atom. The zero-order chi connectivity index (χ0) is 22.1. The van der Waals surface area contributed by atoms with Crippen LogP contribution in [0.1, 0.15) is 25.3 Å². The fourth-order valence-corrected chi connectivity index (χ4v) is 3.81. The number of sulfonamides is 1. The van der Waals surface area contributed by atoms with Gasteiger partial charge in [-0.2, -0.15) is 0 Å². The highest BCUT2D eigenvalue weighted by Crippen LogP contribution is 2.17. The maximum absolute atomic E-state index is 12.4. The van der Waals surface area contributed by atoms with Crippen molar-refractivity contribution in [2.75, 3.05) is 16.6 Å². The Kier molecular flexibility index (Phi) is 7.61. The first-order valence-electron chi connectivity index (χ1n) is 10.0. The molecule has 2 aromatic carbocycles. The maximum Gasteiger partial charge on any atom is 0.263 e. The fourth-order valence-electron chi connectivity index (χ4n) is 2.80. The van der Waals surface area contributed by atoms with E-state index in [2.05, 4.69) is 21.9 Å². The third kappa shape index (κ3) is 6.82. The monoisotopic (exact) mass is 439 g/mol. The number of pyridine rings is 1. The number of aromatic nitrogens is 1. The van der Waals surface area contributed by atoms with Crippen molar-refractivity contribution >= 4 is 27.4 Å². The predicted molar refractivity (Wildman–Crippen MR) is 121 cm³/mol. The Hall–Kier alpha value is -3.39. The van der Waals surface area contributed by atoms with Crippen molar-refractivity contribution < 1.29 is 17.9 Å². The van der Waals surface area contributed by atoms with Gasteiger partial charge in [-0.25, -0.2) is 13.4 Å². The second-order valence-corrected chi connectivity index (χ2v) is 8.52. The summed E-state index contributed by atoms with van der Waals surface area (Å²) in [7, 11) is -3.75. The van der Waals surface area contributed by atoms with Gasteiger partial charge in [0.25, 0.3) is 10.0 Å². The van der Waals surface area contributed by atoms with E-state index in [1.807, 2.05) is 24.3 Å². The molecule has 0 aliphatic heterocycles. The first-order valence-corrected chi connectivity index (χ1v) is 11.5. The third-order valence-corrected chi connectivity index (χ3v) is 5.87. The number of hydrogen-bond acceptors (Lipinski definition) is 5. The number of rotatable bonds is 10. The van der Waals surface area contributed by atoms with Crippen molar-refractivity contribution in [2.45, 2.75) is 31.1 Å². The molecule has 0 atom stereocenters. The lowest BCUT2D eigenvalue weighted by Crippen LogP contribution is -2.15. The van der Waals surface area contributed by atoms with Crippen LogP contribution in [-0.4, -0.2) is 25.9 Å². The lowest BCUT2D eigenvalue weighted by atomic mass is 10.2. The molecule has 3 aromatic rings. The molecule has 0 aliphatic carbocycles. The van der Waals surface area contributed by atoms with Crippen LogP contribution >= 0.6 is 0 Å². The quantitative estimate of drug-likeness (QED) is 0.461. The highest BCUT2D eigenvalue weighted by atomic mass is 32.2. The maximum atomic E-state index is 12.4. The van der Waals surface area contributed by atoms with Gasteiger partial charge in [-0.05, 0) is 66.9 Å². The zero-order valence-corrected chi connectivity index (χ0v) is 18.1. The second kappa shape index (κ2) is 10.6. The molecule has 0 saturated carbocycles. The molecule has 162 valence electrons. The second-order valence-electron chi connectivity index (χ2n) is 6.84. The Morgan fingerprint density at radius 1 is 1.00 bits per heavy atom. The SMILES string of the molecule is CCc1ccc(OCCCC(=O)Nc2ccc(S(=O)(=O)Nc3ccccn3)cc2)cc1. The molecule has 8 heteroatoms. The van der Waals surface area contributed by atoms with Gasteiger partial charge in [0, 0.05) is 18.3 Å². The number of nitrogens with zero attached hydrogens (tertiary/aromatic N) is 1. The van der Waals surface area contributed by atoms with Crippen molar-refractivity contribution in [1.29, 1.82) is 0 Å². The lowest BCUT2D eigenvalue weighted by molar-refractivity contribution is -0.116. The van der Waals surface area contributed by atoms with Gasteiger partial charge in [0.05, 0.1) is 11.5 Å². The number of nitrogens with one attached hydrogen (secondary N) is 2. The van der Waals surface area contributed by atoms with E-state index in [0.29, 0.717) is 25.1 Å². The minimum Gasteiger partial charge on any atom is -0.494 e. The van der Waals surface area contributed by atoms with E-state index in [-0.39, 0.29) is 16.6 Å². The number of anilines is 2. The number of carbonyl (C=O) groups excluding carboxylic acids is 1. The summed E-state index contributed by atoms with van der Waals surface area (Å²) in [5.41, 5.74) is 1.77. The number of ether oxygens (including phenoxy) is 1. The van der Waals surface area contributed by atoms with Gasteiger partial charge in [-0.1, -0.05) is 25.1 Å². The minimum atomic E-state index is -3.75. The van der Waals surface area contributed by atoms with Crippen LogP contribution in [0.2, 0.25) is 0 Å². The summed E-state index contributed by atoms with van der Waals surface area (Å²) in [5, 5.41) is 2.76.